The van der Waals surface area contributed by atoms with Crippen LogP contribution >= 0.6 is 0 Å². The normalized spacial score (nSPS) is 16.1. The predicted molar refractivity (Wildman–Crippen MR) is 119 cm³/mol. The van der Waals surface area contributed by atoms with E-state index in [-0.39, 0.29) is 18.2 Å². The summed E-state index contributed by atoms with van der Waals surface area (Å²) >= 11 is 0. The molecule has 4 N–H and O–H groups in total. The fraction of sp³-hybridized carbons (Fsp3) is 0.217. The number of anilines is 1. The minimum Gasteiger partial charge on any atom is -0.395 e. The molecular formula is C23H24N6O. The second kappa shape index (κ2) is 7.03. The monoisotopic (exact) mass is 400 g/mol. The molecule has 1 unspecified atom stereocenters. The van der Waals surface area contributed by atoms with E-state index in [0.717, 1.165) is 39.4 Å². The molecule has 7 heteroatoms. The number of rotatable bonds is 5. The Hall–Kier alpha value is -3.58. The van der Waals surface area contributed by atoms with Gasteiger partial charge in [0.2, 0.25) is 0 Å². The van der Waals surface area contributed by atoms with E-state index in [1.54, 1.807) is 12.5 Å². The van der Waals surface area contributed by atoms with Gasteiger partial charge in [-0.25, -0.2) is 9.97 Å². The standard InChI is InChI=1S/C23H24N6O/c1-23(2,13-30)16-4-6-17(7-5-16)27-21-22-24-9-10-29(22)12-20(28-21)15-3-8-18-19(11-15)26-14-25-18/h3-12,14,21,27-28,30H,13H2,1-2H3,(H,25,26). The van der Waals surface area contributed by atoms with Gasteiger partial charge in [0.1, 0.15) is 0 Å². The number of hydrogen-bond acceptors (Lipinski definition) is 5. The predicted octanol–water partition coefficient (Wildman–Crippen LogP) is 3.70. The topological polar surface area (TPSA) is 90.8 Å². The van der Waals surface area contributed by atoms with E-state index in [0.29, 0.717) is 0 Å². The van der Waals surface area contributed by atoms with Crippen molar-refractivity contribution >= 4 is 28.6 Å². The van der Waals surface area contributed by atoms with Gasteiger partial charge in [-0.15, -0.1) is 0 Å². The number of benzene rings is 2. The zero-order valence-electron chi connectivity index (χ0n) is 16.9. The van der Waals surface area contributed by atoms with Crippen LogP contribution in [0.5, 0.6) is 0 Å². The lowest BCUT2D eigenvalue weighted by atomic mass is 9.85. The first kappa shape index (κ1) is 18.4. The fourth-order valence-electron chi connectivity index (χ4n) is 3.69. The number of fused-ring (bicyclic) bond motifs is 2. The molecule has 0 saturated heterocycles. The van der Waals surface area contributed by atoms with Crippen LogP contribution in [0.4, 0.5) is 5.69 Å². The van der Waals surface area contributed by atoms with Crippen molar-refractivity contribution in [1.82, 2.24) is 24.8 Å². The van der Waals surface area contributed by atoms with Crippen molar-refractivity contribution in [1.29, 1.82) is 0 Å². The first-order valence-corrected chi connectivity index (χ1v) is 9.96. The average Bonchev–Trinajstić information content (AvgIpc) is 3.43. The third-order valence-electron chi connectivity index (χ3n) is 5.63. The summed E-state index contributed by atoms with van der Waals surface area (Å²) in [5, 5.41) is 16.7. The molecule has 1 aliphatic heterocycles. The Kier molecular flexibility index (Phi) is 4.33. The van der Waals surface area contributed by atoms with Crippen molar-refractivity contribution in [2.75, 3.05) is 11.9 Å². The summed E-state index contributed by atoms with van der Waals surface area (Å²) in [6, 6.07) is 14.3. The van der Waals surface area contributed by atoms with Gasteiger partial charge in [-0.3, -0.25) is 0 Å². The maximum atomic E-state index is 9.60. The van der Waals surface area contributed by atoms with Crippen molar-refractivity contribution < 1.29 is 5.11 Å². The Balaban J connectivity index is 1.43. The molecule has 0 amide bonds. The number of imidazole rings is 2. The Morgan fingerprint density at radius 3 is 2.77 bits per heavy atom. The summed E-state index contributed by atoms with van der Waals surface area (Å²) < 4.78 is 2.03. The van der Waals surface area contributed by atoms with E-state index in [9.17, 15) is 5.11 Å². The summed E-state index contributed by atoms with van der Waals surface area (Å²) in [4.78, 5) is 12.0. The highest BCUT2D eigenvalue weighted by Crippen LogP contribution is 2.29. The minimum absolute atomic E-state index is 0.107. The van der Waals surface area contributed by atoms with Crippen LogP contribution in [0.2, 0.25) is 0 Å². The molecule has 5 rings (SSSR count). The van der Waals surface area contributed by atoms with Gasteiger partial charge in [-0.05, 0) is 29.8 Å². The molecule has 3 heterocycles. The molecule has 152 valence electrons. The number of aromatic amines is 1. The maximum Gasteiger partial charge on any atom is 0.157 e. The second-order valence-electron chi connectivity index (χ2n) is 8.21. The van der Waals surface area contributed by atoms with Crippen LogP contribution in [-0.2, 0) is 5.41 Å². The van der Waals surface area contributed by atoms with Gasteiger partial charge in [0, 0.05) is 35.3 Å². The molecule has 0 radical (unpaired) electrons. The average molecular weight is 400 g/mol. The molecule has 0 bridgehead atoms. The number of aliphatic hydroxyl groups is 1. The van der Waals surface area contributed by atoms with Gasteiger partial charge in [0.15, 0.2) is 12.0 Å². The van der Waals surface area contributed by atoms with Crippen LogP contribution in [-0.4, -0.2) is 31.2 Å². The third kappa shape index (κ3) is 3.23. The lowest BCUT2D eigenvalue weighted by Gasteiger charge is -2.28. The van der Waals surface area contributed by atoms with Crippen LogP contribution in [0.3, 0.4) is 0 Å². The molecule has 0 aliphatic carbocycles. The molecule has 4 aromatic rings. The maximum absolute atomic E-state index is 9.60. The first-order valence-electron chi connectivity index (χ1n) is 9.96. The third-order valence-corrected chi connectivity index (χ3v) is 5.63. The van der Waals surface area contributed by atoms with Gasteiger partial charge in [-0.2, -0.15) is 0 Å². The number of nitrogens with zero attached hydrogens (tertiary/aromatic N) is 3. The number of aliphatic hydroxyl groups excluding tert-OH is 1. The molecule has 0 fully saturated rings. The van der Waals surface area contributed by atoms with E-state index in [1.807, 2.05) is 49.0 Å². The molecule has 2 aromatic heterocycles. The van der Waals surface area contributed by atoms with E-state index in [4.69, 9.17) is 0 Å². The van der Waals surface area contributed by atoms with Crippen LogP contribution in [0, 0.1) is 0 Å². The highest BCUT2D eigenvalue weighted by molar-refractivity contribution is 5.83. The fourth-order valence-corrected chi connectivity index (χ4v) is 3.69. The van der Waals surface area contributed by atoms with Gasteiger partial charge in [-0.1, -0.05) is 32.0 Å². The lowest BCUT2D eigenvalue weighted by molar-refractivity contribution is 0.218. The van der Waals surface area contributed by atoms with E-state index in [1.165, 1.54) is 0 Å². The van der Waals surface area contributed by atoms with Crippen LogP contribution < -0.4 is 10.6 Å². The van der Waals surface area contributed by atoms with Crippen molar-refractivity contribution in [2.24, 2.45) is 0 Å². The smallest absolute Gasteiger partial charge is 0.157 e. The number of aromatic nitrogens is 4. The van der Waals surface area contributed by atoms with E-state index in [2.05, 4.69) is 49.9 Å². The SMILES string of the molecule is CC(C)(CO)c1ccc(NC2NC(c3ccc4nc[nH]c4c3)=Cn3ccnc32)cc1. The van der Waals surface area contributed by atoms with Gasteiger partial charge in [0.05, 0.1) is 29.7 Å². The summed E-state index contributed by atoms with van der Waals surface area (Å²) in [5.41, 5.74) is 5.81. The van der Waals surface area contributed by atoms with Crippen LogP contribution in [0.25, 0.3) is 22.9 Å². The zero-order valence-corrected chi connectivity index (χ0v) is 16.9. The summed E-state index contributed by atoms with van der Waals surface area (Å²) in [6.07, 6.45) is 7.32. The molecule has 0 saturated carbocycles. The Labute approximate surface area is 174 Å². The van der Waals surface area contributed by atoms with E-state index < -0.39 is 0 Å². The van der Waals surface area contributed by atoms with Crippen LogP contribution in [0.1, 0.15) is 37.0 Å². The molecule has 1 atom stereocenters. The van der Waals surface area contributed by atoms with Crippen molar-refractivity contribution in [3.05, 3.63) is 78.1 Å². The highest BCUT2D eigenvalue weighted by Gasteiger charge is 2.24. The Bertz CT molecular complexity index is 1220. The molecule has 30 heavy (non-hydrogen) atoms. The molecular weight excluding hydrogens is 376 g/mol. The quantitative estimate of drug-likeness (QED) is 0.410. The zero-order chi connectivity index (χ0) is 20.7. The van der Waals surface area contributed by atoms with Gasteiger partial charge >= 0.3 is 0 Å². The Morgan fingerprint density at radius 2 is 1.97 bits per heavy atom. The van der Waals surface area contributed by atoms with Crippen LogP contribution in [0.15, 0.2) is 61.2 Å². The van der Waals surface area contributed by atoms with Crippen molar-refractivity contribution in [2.45, 2.75) is 25.4 Å². The van der Waals surface area contributed by atoms with Crippen molar-refractivity contribution in [3.8, 4) is 0 Å². The number of H-pyrrole nitrogens is 1. The molecule has 2 aromatic carbocycles. The molecule has 7 nitrogen and oxygen atoms in total. The molecule has 1 aliphatic rings. The summed E-state index contributed by atoms with van der Waals surface area (Å²) in [5.74, 6) is 0.890. The summed E-state index contributed by atoms with van der Waals surface area (Å²) in [6.45, 7) is 4.17. The first-order chi connectivity index (χ1) is 14.5. The summed E-state index contributed by atoms with van der Waals surface area (Å²) in [7, 11) is 0. The van der Waals surface area contributed by atoms with E-state index >= 15 is 0 Å². The largest absolute Gasteiger partial charge is 0.395 e. The number of hydrogen-bond donors (Lipinski definition) is 4. The minimum atomic E-state index is -0.265. The highest BCUT2D eigenvalue weighted by atomic mass is 16.3. The Morgan fingerprint density at radius 1 is 1.13 bits per heavy atom. The lowest BCUT2D eigenvalue weighted by Crippen LogP contribution is -2.32. The molecule has 0 spiro atoms. The second-order valence-corrected chi connectivity index (χ2v) is 8.21. The van der Waals surface area contributed by atoms with Gasteiger partial charge < -0.3 is 25.3 Å². The van der Waals surface area contributed by atoms with Crippen molar-refractivity contribution in [3.63, 3.8) is 0 Å². The van der Waals surface area contributed by atoms with Gasteiger partial charge in [0.25, 0.3) is 0 Å². The number of nitrogens with one attached hydrogen (secondary N) is 3.